The second kappa shape index (κ2) is 4.77. The Morgan fingerprint density at radius 3 is 2.75 bits per heavy atom. The summed E-state index contributed by atoms with van der Waals surface area (Å²) in [5, 5.41) is 23.2. The number of para-hydroxylation sites is 1. The molecule has 2 bridgehead atoms. The molecule has 2 fully saturated rings. The summed E-state index contributed by atoms with van der Waals surface area (Å²) in [5.74, 6) is 0.463. The van der Waals surface area contributed by atoms with E-state index in [4.69, 9.17) is 0 Å². The molecule has 3 rings (SSSR count). The van der Waals surface area contributed by atoms with Crippen LogP contribution in [0.2, 0.25) is 0 Å². The summed E-state index contributed by atoms with van der Waals surface area (Å²) in [6.07, 6.45) is 4.19. The van der Waals surface area contributed by atoms with Crippen molar-refractivity contribution in [2.24, 2.45) is 17.8 Å². The zero-order valence-electron chi connectivity index (χ0n) is 10.9. The maximum absolute atomic E-state index is 12.3. The molecule has 1 aromatic carbocycles. The number of hydrogen-bond donors (Lipinski definition) is 2. The first-order valence-corrected chi connectivity index (χ1v) is 6.83. The van der Waals surface area contributed by atoms with Crippen molar-refractivity contribution in [3.8, 4) is 5.75 Å². The standard InChI is InChI=1S/C14H16N2O4/c17-12-3-1-2-11(16(19)20)13(12)15-14(18)10-7-8-4-5-9(10)6-8/h1-3,8-10,17H,4-7H2,(H,15,18). The molecule has 3 atom stereocenters. The lowest BCUT2D eigenvalue weighted by atomic mass is 9.88. The van der Waals surface area contributed by atoms with Gasteiger partial charge in [0.25, 0.3) is 5.69 Å². The van der Waals surface area contributed by atoms with Crippen molar-refractivity contribution in [3.05, 3.63) is 28.3 Å². The molecule has 0 aliphatic heterocycles. The maximum atomic E-state index is 12.3. The van der Waals surface area contributed by atoms with Crippen LogP contribution in [0.3, 0.4) is 0 Å². The number of nitrogens with zero attached hydrogens (tertiary/aromatic N) is 1. The quantitative estimate of drug-likeness (QED) is 0.504. The summed E-state index contributed by atoms with van der Waals surface area (Å²) in [6.45, 7) is 0. The van der Waals surface area contributed by atoms with Crippen LogP contribution in [0.15, 0.2) is 18.2 Å². The van der Waals surface area contributed by atoms with Gasteiger partial charge >= 0.3 is 0 Å². The van der Waals surface area contributed by atoms with Crippen LogP contribution in [0.25, 0.3) is 0 Å². The van der Waals surface area contributed by atoms with Crippen molar-refractivity contribution >= 4 is 17.3 Å². The van der Waals surface area contributed by atoms with Gasteiger partial charge in [-0.25, -0.2) is 0 Å². The lowest BCUT2D eigenvalue weighted by molar-refractivity contribution is -0.384. The van der Waals surface area contributed by atoms with Gasteiger partial charge in [-0.1, -0.05) is 12.5 Å². The number of amides is 1. The van der Waals surface area contributed by atoms with Crippen LogP contribution in [0.4, 0.5) is 11.4 Å². The number of carbonyl (C=O) groups excluding carboxylic acids is 1. The topological polar surface area (TPSA) is 92.5 Å². The van der Waals surface area contributed by atoms with Crippen LogP contribution in [0.5, 0.6) is 5.75 Å². The molecule has 1 amide bonds. The van der Waals surface area contributed by atoms with Gasteiger partial charge in [-0.05, 0) is 37.2 Å². The Kier molecular flexibility index (Phi) is 3.08. The minimum absolute atomic E-state index is 0.0760. The number of aromatic hydroxyl groups is 1. The van der Waals surface area contributed by atoms with E-state index in [0.717, 1.165) is 19.3 Å². The Balaban J connectivity index is 1.81. The maximum Gasteiger partial charge on any atom is 0.296 e. The van der Waals surface area contributed by atoms with E-state index in [1.54, 1.807) is 0 Å². The number of nitro benzene ring substituents is 1. The van der Waals surface area contributed by atoms with Gasteiger partial charge in [-0.15, -0.1) is 0 Å². The number of carbonyl (C=O) groups is 1. The molecule has 2 N–H and O–H groups in total. The zero-order chi connectivity index (χ0) is 14.3. The van der Waals surface area contributed by atoms with Crippen LogP contribution < -0.4 is 5.32 Å². The van der Waals surface area contributed by atoms with E-state index >= 15 is 0 Å². The summed E-state index contributed by atoms with van der Waals surface area (Å²) in [5.41, 5.74) is -0.369. The number of nitro groups is 1. The van der Waals surface area contributed by atoms with E-state index in [0.29, 0.717) is 11.8 Å². The molecule has 0 spiro atoms. The van der Waals surface area contributed by atoms with Crippen molar-refractivity contribution in [3.63, 3.8) is 0 Å². The van der Waals surface area contributed by atoms with E-state index in [-0.39, 0.29) is 28.9 Å². The van der Waals surface area contributed by atoms with Gasteiger partial charge in [-0.2, -0.15) is 0 Å². The molecule has 1 aromatic rings. The number of nitrogens with one attached hydrogen (secondary N) is 1. The van der Waals surface area contributed by atoms with Gasteiger partial charge in [0.2, 0.25) is 5.91 Å². The molecule has 0 heterocycles. The first kappa shape index (κ1) is 12.9. The van der Waals surface area contributed by atoms with Crippen molar-refractivity contribution in [2.45, 2.75) is 25.7 Å². The van der Waals surface area contributed by atoms with Gasteiger partial charge in [0.05, 0.1) is 4.92 Å². The third-order valence-corrected chi connectivity index (χ3v) is 4.54. The van der Waals surface area contributed by atoms with Crippen LogP contribution in [-0.2, 0) is 4.79 Å². The molecule has 0 saturated heterocycles. The van der Waals surface area contributed by atoms with Gasteiger partial charge in [-0.3, -0.25) is 14.9 Å². The molecular weight excluding hydrogens is 260 g/mol. The number of fused-ring (bicyclic) bond motifs is 2. The molecule has 0 aromatic heterocycles. The molecule has 2 aliphatic rings. The number of hydrogen-bond acceptors (Lipinski definition) is 4. The molecule has 2 aliphatic carbocycles. The van der Waals surface area contributed by atoms with Crippen LogP contribution in [0.1, 0.15) is 25.7 Å². The van der Waals surface area contributed by atoms with Gasteiger partial charge in [0.1, 0.15) is 5.75 Å². The number of benzene rings is 1. The van der Waals surface area contributed by atoms with Crippen molar-refractivity contribution in [1.29, 1.82) is 0 Å². The van der Waals surface area contributed by atoms with Crippen molar-refractivity contribution < 1.29 is 14.8 Å². The summed E-state index contributed by atoms with van der Waals surface area (Å²) in [4.78, 5) is 22.6. The van der Waals surface area contributed by atoms with Gasteiger partial charge < -0.3 is 10.4 Å². The number of anilines is 1. The molecule has 6 nitrogen and oxygen atoms in total. The highest BCUT2D eigenvalue weighted by Crippen LogP contribution is 2.49. The van der Waals surface area contributed by atoms with Crippen molar-refractivity contribution in [1.82, 2.24) is 0 Å². The third-order valence-electron chi connectivity index (χ3n) is 4.54. The second-order valence-corrected chi connectivity index (χ2v) is 5.70. The highest BCUT2D eigenvalue weighted by atomic mass is 16.6. The summed E-state index contributed by atoms with van der Waals surface area (Å²) in [7, 11) is 0. The molecule has 6 heteroatoms. The Morgan fingerprint density at radius 2 is 2.15 bits per heavy atom. The van der Waals surface area contributed by atoms with E-state index in [2.05, 4.69) is 5.32 Å². The Morgan fingerprint density at radius 1 is 1.35 bits per heavy atom. The lowest BCUT2D eigenvalue weighted by Gasteiger charge is -2.20. The lowest BCUT2D eigenvalue weighted by Crippen LogP contribution is -2.27. The monoisotopic (exact) mass is 276 g/mol. The average Bonchev–Trinajstić information content (AvgIpc) is 3.03. The first-order chi connectivity index (χ1) is 9.56. The van der Waals surface area contributed by atoms with E-state index < -0.39 is 4.92 Å². The predicted molar refractivity (Wildman–Crippen MR) is 72.3 cm³/mol. The molecular formula is C14H16N2O4. The number of rotatable bonds is 3. The highest BCUT2D eigenvalue weighted by molar-refractivity contribution is 5.96. The highest BCUT2D eigenvalue weighted by Gasteiger charge is 2.43. The van der Waals surface area contributed by atoms with E-state index in [1.807, 2.05) is 0 Å². The first-order valence-electron chi connectivity index (χ1n) is 6.83. The molecule has 106 valence electrons. The van der Waals surface area contributed by atoms with Crippen LogP contribution >= 0.6 is 0 Å². The fraction of sp³-hybridized carbons (Fsp3) is 0.500. The Hall–Kier alpha value is -2.11. The van der Waals surface area contributed by atoms with Gasteiger partial charge in [0.15, 0.2) is 5.69 Å². The molecule has 2 saturated carbocycles. The van der Waals surface area contributed by atoms with Gasteiger partial charge in [0, 0.05) is 12.0 Å². The SMILES string of the molecule is O=C(Nc1c(O)cccc1[N+](=O)[O-])C1CC2CCC1C2. The van der Waals surface area contributed by atoms with E-state index in [9.17, 15) is 20.0 Å². The second-order valence-electron chi connectivity index (χ2n) is 5.70. The Labute approximate surface area is 115 Å². The third kappa shape index (κ3) is 2.11. The number of phenols is 1. The minimum Gasteiger partial charge on any atom is -0.505 e. The Bertz CT molecular complexity index is 572. The summed E-state index contributed by atoms with van der Waals surface area (Å²) < 4.78 is 0. The molecule has 20 heavy (non-hydrogen) atoms. The predicted octanol–water partition coefficient (Wildman–Crippen LogP) is 2.68. The summed E-state index contributed by atoms with van der Waals surface area (Å²) in [6, 6.07) is 4.00. The average molecular weight is 276 g/mol. The normalized spacial score (nSPS) is 27.5. The van der Waals surface area contributed by atoms with Crippen molar-refractivity contribution in [2.75, 3.05) is 5.32 Å². The fourth-order valence-corrected chi connectivity index (χ4v) is 3.59. The number of phenolic OH excluding ortho intramolecular Hbond substituents is 1. The largest absolute Gasteiger partial charge is 0.505 e. The smallest absolute Gasteiger partial charge is 0.296 e. The molecule has 3 unspecified atom stereocenters. The van der Waals surface area contributed by atoms with Crippen LogP contribution in [-0.4, -0.2) is 15.9 Å². The fourth-order valence-electron chi connectivity index (χ4n) is 3.59. The van der Waals surface area contributed by atoms with Crippen LogP contribution in [0, 0.1) is 27.9 Å². The summed E-state index contributed by atoms with van der Waals surface area (Å²) >= 11 is 0. The minimum atomic E-state index is -0.601. The van der Waals surface area contributed by atoms with E-state index in [1.165, 1.54) is 24.6 Å². The zero-order valence-corrected chi connectivity index (χ0v) is 10.9. The molecule has 0 radical (unpaired) electrons.